The molecule has 0 unspecified atom stereocenters. The maximum atomic E-state index is 11.4. The maximum Gasteiger partial charge on any atom is 0.326 e. The first-order valence-corrected chi connectivity index (χ1v) is 5.44. The summed E-state index contributed by atoms with van der Waals surface area (Å²) < 4.78 is 0. The number of hydrogen-bond donors (Lipinski definition) is 2. The van der Waals surface area contributed by atoms with Crippen molar-refractivity contribution >= 4 is 11.9 Å². The van der Waals surface area contributed by atoms with Crippen molar-refractivity contribution in [3.05, 3.63) is 0 Å². The van der Waals surface area contributed by atoms with Gasteiger partial charge in [-0.05, 0) is 18.8 Å². The largest absolute Gasteiger partial charge is 0.480 e. The molecule has 90 valence electrons. The number of unbranched alkanes of at least 4 members (excludes halogenated alkanes) is 2. The lowest BCUT2D eigenvalue weighted by molar-refractivity contribution is -0.143. The van der Waals surface area contributed by atoms with Crippen molar-refractivity contribution in [1.29, 1.82) is 0 Å². The summed E-state index contributed by atoms with van der Waals surface area (Å²) in [6, 6.07) is -0.805. The highest BCUT2D eigenvalue weighted by Crippen LogP contribution is 2.04. The summed E-state index contributed by atoms with van der Waals surface area (Å²) in [5.74, 6) is 1.16. The zero-order valence-electron chi connectivity index (χ0n) is 9.82. The third-order valence-corrected chi connectivity index (χ3v) is 2.22. The van der Waals surface area contributed by atoms with Crippen LogP contribution in [0.2, 0.25) is 0 Å². The molecule has 0 aromatic heterocycles. The first-order chi connectivity index (χ1) is 7.49. The van der Waals surface area contributed by atoms with Crippen LogP contribution in [-0.2, 0) is 9.59 Å². The summed E-state index contributed by atoms with van der Waals surface area (Å²) in [6.45, 7) is 3.52. The van der Waals surface area contributed by atoms with Crippen LogP contribution in [0.15, 0.2) is 0 Å². The summed E-state index contributed by atoms with van der Waals surface area (Å²) >= 11 is 0. The summed E-state index contributed by atoms with van der Waals surface area (Å²) in [5, 5.41) is 11.4. The van der Waals surface area contributed by atoms with Crippen LogP contribution in [0.5, 0.6) is 0 Å². The molecule has 0 bridgehead atoms. The van der Waals surface area contributed by atoms with Gasteiger partial charge >= 0.3 is 5.97 Å². The molecule has 0 aromatic rings. The van der Waals surface area contributed by atoms with E-state index in [1.807, 2.05) is 0 Å². The van der Waals surface area contributed by atoms with E-state index in [1.54, 1.807) is 13.8 Å². The SMILES string of the molecule is C#CCCCCC(=O)N[C@H](C(=O)O)C(C)C. The van der Waals surface area contributed by atoms with Crippen molar-refractivity contribution in [3.8, 4) is 12.3 Å². The summed E-state index contributed by atoms with van der Waals surface area (Å²) in [4.78, 5) is 22.2. The van der Waals surface area contributed by atoms with Gasteiger partial charge in [-0.3, -0.25) is 4.79 Å². The number of hydrogen-bond acceptors (Lipinski definition) is 2. The molecule has 0 aromatic carbocycles. The second kappa shape index (κ2) is 7.75. The van der Waals surface area contributed by atoms with Gasteiger partial charge in [-0.2, -0.15) is 0 Å². The van der Waals surface area contributed by atoms with Gasteiger partial charge in [0.2, 0.25) is 5.91 Å². The lowest BCUT2D eigenvalue weighted by Gasteiger charge is -2.17. The molecule has 0 saturated heterocycles. The van der Waals surface area contributed by atoms with Crippen LogP contribution < -0.4 is 5.32 Å². The summed E-state index contributed by atoms with van der Waals surface area (Å²) in [5.41, 5.74) is 0. The minimum atomic E-state index is -0.994. The van der Waals surface area contributed by atoms with Gasteiger partial charge in [0.15, 0.2) is 0 Å². The zero-order chi connectivity index (χ0) is 12.6. The maximum absolute atomic E-state index is 11.4. The van der Waals surface area contributed by atoms with Gasteiger partial charge in [0.05, 0.1) is 0 Å². The topological polar surface area (TPSA) is 66.4 Å². The molecular weight excluding hydrogens is 206 g/mol. The van der Waals surface area contributed by atoms with Gasteiger partial charge in [0, 0.05) is 12.8 Å². The van der Waals surface area contributed by atoms with E-state index in [4.69, 9.17) is 11.5 Å². The number of terminal acetylenes is 1. The molecule has 0 radical (unpaired) electrons. The molecular formula is C12H19NO3. The first kappa shape index (κ1) is 14.5. The van der Waals surface area contributed by atoms with Crippen LogP contribution >= 0.6 is 0 Å². The molecule has 0 aliphatic heterocycles. The van der Waals surface area contributed by atoms with Crippen molar-refractivity contribution in [3.63, 3.8) is 0 Å². The number of amides is 1. The van der Waals surface area contributed by atoms with E-state index in [0.29, 0.717) is 19.3 Å². The number of nitrogens with one attached hydrogen (secondary N) is 1. The van der Waals surface area contributed by atoms with Gasteiger partial charge < -0.3 is 10.4 Å². The van der Waals surface area contributed by atoms with E-state index in [-0.39, 0.29) is 11.8 Å². The number of carboxylic acids is 1. The highest BCUT2D eigenvalue weighted by Gasteiger charge is 2.22. The number of aliphatic carboxylic acids is 1. The Morgan fingerprint density at radius 1 is 1.38 bits per heavy atom. The molecule has 0 spiro atoms. The van der Waals surface area contributed by atoms with Gasteiger partial charge in [0.1, 0.15) is 6.04 Å². The lowest BCUT2D eigenvalue weighted by atomic mass is 10.0. The van der Waals surface area contributed by atoms with Crippen molar-refractivity contribution in [1.82, 2.24) is 5.32 Å². The Morgan fingerprint density at radius 2 is 2.00 bits per heavy atom. The molecule has 0 rings (SSSR count). The number of carboxylic acid groups (broad SMARTS) is 1. The smallest absolute Gasteiger partial charge is 0.326 e. The number of rotatable bonds is 7. The van der Waals surface area contributed by atoms with Gasteiger partial charge in [-0.25, -0.2) is 4.79 Å². The highest BCUT2D eigenvalue weighted by atomic mass is 16.4. The summed E-state index contributed by atoms with van der Waals surface area (Å²) in [6.07, 6.45) is 7.55. The molecule has 0 fully saturated rings. The quantitative estimate of drug-likeness (QED) is 0.508. The van der Waals surface area contributed by atoms with Crippen LogP contribution in [0.1, 0.15) is 39.5 Å². The van der Waals surface area contributed by atoms with Gasteiger partial charge in [0.25, 0.3) is 0 Å². The van der Waals surface area contributed by atoms with Crippen molar-refractivity contribution < 1.29 is 14.7 Å². The van der Waals surface area contributed by atoms with E-state index in [9.17, 15) is 9.59 Å². The van der Waals surface area contributed by atoms with Crippen molar-refractivity contribution in [2.75, 3.05) is 0 Å². The molecule has 0 aliphatic carbocycles. The second-order valence-corrected chi connectivity index (χ2v) is 4.04. The third kappa shape index (κ3) is 6.07. The van der Waals surface area contributed by atoms with Crippen LogP contribution in [-0.4, -0.2) is 23.0 Å². The fourth-order valence-electron chi connectivity index (χ4n) is 1.27. The number of carbonyl (C=O) groups is 2. The Balaban J connectivity index is 3.93. The van der Waals surface area contributed by atoms with Crippen LogP contribution in [0.25, 0.3) is 0 Å². The molecule has 4 heteroatoms. The van der Waals surface area contributed by atoms with E-state index in [2.05, 4.69) is 11.2 Å². The van der Waals surface area contributed by atoms with Crippen LogP contribution in [0.4, 0.5) is 0 Å². The summed E-state index contributed by atoms with van der Waals surface area (Å²) in [7, 11) is 0. The average molecular weight is 225 g/mol. The Kier molecular flexibility index (Phi) is 7.02. The third-order valence-electron chi connectivity index (χ3n) is 2.22. The molecule has 0 saturated carbocycles. The van der Waals surface area contributed by atoms with E-state index in [1.165, 1.54) is 0 Å². The molecule has 2 N–H and O–H groups in total. The van der Waals surface area contributed by atoms with Gasteiger partial charge in [-0.15, -0.1) is 12.3 Å². The Labute approximate surface area is 96.4 Å². The minimum absolute atomic E-state index is 0.118. The first-order valence-electron chi connectivity index (χ1n) is 5.44. The van der Waals surface area contributed by atoms with E-state index < -0.39 is 12.0 Å². The normalized spacial score (nSPS) is 11.9. The lowest BCUT2D eigenvalue weighted by Crippen LogP contribution is -2.44. The van der Waals surface area contributed by atoms with Crippen molar-refractivity contribution in [2.45, 2.75) is 45.6 Å². The molecule has 1 amide bonds. The highest BCUT2D eigenvalue weighted by molar-refractivity contribution is 5.83. The average Bonchev–Trinajstić information content (AvgIpc) is 2.20. The Bertz CT molecular complexity index is 278. The fourth-order valence-corrected chi connectivity index (χ4v) is 1.27. The minimum Gasteiger partial charge on any atom is -0.480 e. The predicted molar refractivity (Wildman–Crippen MR) is 61.7 cm³/mol. The number of carbonyl (C=O) groups excluding carboxylic acids is 1. The predicted octanol–water partition coefficient (Wildman–Crippen LogP) is 1.41. The zero-order valence-corrected chi connectivity index (χ0v) is 9.82. The Morgan fingerprint density at radius 3 is 2.44 bits per heavy atom. The molecule has 4 nitrogen and oxygen atoms in total. The van der Waals surface area contributed by atoms with E-state index >= 15 is 0 Å². The molecule has 1 atom stereocenters. The van der Waals surface area contributed by atoms with E-state index in [0.717, 1.165) is 6.42 Å². The Hall–Kier alpha value is -1.50. The molecule has 0 heterocycles. The second-order valence-electron chi connectivity index (χ2n) is 4.04. The molecule has 0 aliphatic rings. The van der Waals surface area contributed by atoms with Crippen molar-refractivity contribution in [2.24, 2.45) is 5.92 Å². The molecule has 16 heavy (non-hydrogen) atoms. The van der Waals surface area contributed by atoms with Crippen LogP contribution in [0, 0.1) is 18.3 Å². The standard InChI is InChI=1S/C12H19NO3/c1-4-5-6-7-8-10(14)13-11(9(2)3)12(15)16/h1,9,11H,5-8H2,2-3H3,(H,13,14)(H,15,16)/t11-/m0/s1. The monoisotopic (exact) mass is 225 g/mol. The fraction of sp³-hybridized carbons (Fsp3) is 0.667. The van der Waals surface area contributed by atoms with Crippen LogP contribution in [0.3, 0.4) is 0 Å². The van der Waals surface area contributed by atoms with Gasteiger partial charge in [-0.1, -0.05) is 13.8 Å².